The summed E-state index contributed by atoms with van der Waals surface area (Å²) in [5.41, 5.74) is 32.2. The minimum Gasteiger partial charge on any atom is -0.310 e. The summed E-state index contributed by atoms with van der Waals surface area (Å²) in [4.78, 5) is 5.11. The van der Waals surface area contributed by atoms with Gasteiger partial charge in [-0.15, -0.1) is 0 Å². The maximum Gasteiger partial charge on any atom is 0.180 e. The Morgan fingerprint density at radius 1 is 0.273 bits per heavy atom. The van der Waals surface area contributed by atoms with E-state index in [0.29, 0.717) is 11.8 Å². The van der Waals surface area contributed by atoms with Crippen molar-refractivity contribution < 1.29 is 0 Å². The number of hydrogen-bond donors (Lipinski definition) is 0. The smallest absolute Gasteiger partial charge is 0.180 e. The zero-order chi connectivity index (χ0) is 88.2. The molecule has 18 aromatic carbocycles. The molecule has 0 amide bonds. The lowest BCUT2D eigenvalue weighted by atomic mass is 9.76. The summed E-state index contributed by atoms with van der Waals surface area (Å²) in [6.45, 7) is 9.57. The second-order valence-electron chi connectivity index (χ2n) is 39.2. The van der Waals surface area contributed by atoms with Gasteiger partial charge in [-0.1, -0.05) is 436 Å². The van der Waals surface area contributed by atoms with Crippen LogP contribution >= 0.6 is 0 Å². The second-order valence-corrected chi connectivity index (χ2v) is 46.7. The molecule has 0 bridgehead atoms. The van der Waals surface area contributed by atoms with Gasteiger partial charge in [0.15, 0.2) is 16.1 Å². The average Bonchev–Trinajstić information content (AvgIpc) is 1.52. The molecule has 0 aromatic heterocycles. The quantitative estimate of drug-likeness (QED) is 0.0944. The van der Waals surface area contributed by atoms with E-state index in [0.717, 1.165) is 23.7 Å². The van der Waals surface area contributed by atoms with E-state index in [-0.39, 0.29) is 10.8 Å². The Bertz CT molecular complexity index is 7480. The maximum absolute atomic E-state index is 2.75. The Labute approximate surface area is 780 Å². The van der Waals surface area contributed by atoms with Gasteiger partial charge in [0, 0.05) is 44.7 Å². The molecule has 18 aromatic rings. The number of fused-ring (bicyclic) bond motifs is 14. The van der Waals surface area contributed by atoms with Gasteiger partial charge in [0.05, 0.1) is 11.4 Å². The highest BCUT2D eigenvalue weighted by Gasteiger charge is 2.51. The van der Waals surface area contributed by atoms with E-state index in [2.05, 4.69) is 468 Å². The third-order valence-corrected chi connectivity index (χ3v) is 41.2. The number of hydrogen-bond acceptors (Lipinski definition) is 2. The fourth-order valence-electron chi connectivity index (χ4n) is 25.1. The molecule has 1 atom stereocenters. The molecule has 638 valence electrons. The van der Waals surface area contributed by atoms with Crippen LogP contribution in [-0.2, 0) is 10.8 Å². The van der Waals surface area contributed by atoms with Gasteiger partial charge < -0.3 is 9.80 Å². The largest absolute Gasteiger partial charge is 0.310 e. The third kappa shape index (κ3) is 13.3. The molecule has 2 nitrogen and oxygen atoms in total. The van der Waals surface area contributed by atoms with Crippen molar-refractivity contribution in [3.8, 4) is 66.8 Å². The van der Waals surface area contributed by atoms with Crippen LogP contribution in [0.1, 0.15) is 138 Å². The molecule has 1 unspecified atom stereocenters. The third-order valence-electron chi connectivity index (χ3n) is 31.5. The Hall–Kier alpha value is -14.0. The Morgan fingerprint density at radius 3 is 1.07 bits per heavy atom. The van der Waals surface area contributed by atoms with Gasteiger partial charge in [-0.3, -0.25) is 0 Å². The van der Waals surface area contributed by atoms with Crippen molar-refractivity contribution >= 4 is 119 Å². The topological polar surface area (TPSA) is 6.48 Å². The normalized spacial score (nSPS) is 16.6. The van der Waals surface area contributed by atoms with Crippen molar-refractivity contribution in [1.29, 1.82) is 0 Å². The van der Waals surface area contributed by atoms with Gasteiger partial charge in [0.1, 0.15) is 0 Å². The lowest BCUT2D eigenvalue weighted by Crippen LogP contribution is -2.72. The van der Waals surface area contributed by atoms with Crippen LogP contribution in [0.5, 0.6) is 0 Å². The zero-order valence-electron chi connectivity index (χ0n) is 75.9. The molecule has 2 heterocycles. The number of rotatable bonds is 15. The number of allylic oxidation sites excluding steroid dienone is 4. The highest BCUT2D eigenvalue weighted by atomic mass is 28.3. The first-order valence-electron chi connectivity index (χ1n) is 48.4. The lowest BCUT2D eigenvalue weighted by molar-refractivity contribution is 0.286. The molecule has 7 aliphatic rings. The van der Waals surface area contributed by atoms with Crippen molar-refractivity contribution in [3.05, 3.63) is 464 Å². The molecular weight excluding hydrogens is 1620 g/mol. The van der Waals surface area contributed by atoms with E-state index < -0.39 is 16.1 Å². The van der Waals surface area contributed by atoms with Gasteiger partial charge in [0.2, 0.25) is 0 Å². The van der Waals surface area contributed by atoms with E-state index in [9.17, 15) is 0 Å². The molecule has 2 aliphatic heterocycles. The van der Waals surface area contributed by atoms with Crippen molar-refractivity contribution in [3.63, 3.8) is 0 Å². The second kappa shape index (κ2) is 33.1. The number of nitrogens with zero attached hydrogens (tertiary/aromatic N) is 2. The van der Waals surface area contributed by atoms with Crippen LogP contribution in [0.4, 0.5) is 34.1 Å². The molecule has 0 radical (unpaired) electrons. The highest BCUT2D eigenvalue weighted by molar-refractivity contribution is 7.23. The van der Waals surface area contributed by atoms with Crippen LogP contribution in [0.15, 0.2) is 431 Å². The molecule has 0 spiro atoms. The fraction of sp³-hybridized carbons (Fsp3) is 0.156. The summed E-state index contributed by atoms with van der Waals surface area (Å²) in [7, 11) is -5.48. The van der Waals surface area contributed by atoms with Gasteiger partial charge in [-0.05, 0) is 268 Å². The maximum atomic E-state index is 2.60. The average molecular weight is 1730 g/mol. The van der Waals surface area contributed by atoms with E-state index >= 15 is 0 Å². The molecule has 4 heteroatoms. The van der Waals surface area contributed by atoms with E-state index in [1.165, 1.54) is 256 Å². The molecule has 2 saturated carbocycles. The minimum atomic E-state index is -2.75. The molecule has 0 N–H and O–H groups in total. The predicted octanol–water partition coefficient (Wildman–Crippen LogP) is 28.9. The summed E-state index contributed by atoms with van der Waals surface area (Å²) < 4.78 is 0. The number of benzene rings is 18. The van der Waals surface area contributed by atoms with Gasteiger partial charge in [0.25, 0.3) is 0 Å². The predicted molar refractivity (Wildman–Crippen MR) is 566 cm³/mol. The summed E-state index contributed by atoms with van der Waals surface area (Å²) in [6.07, 6.45) is 22.1. The van der Waals surface area contributed by atoms with Gasteiger partial charge in [-0.2, -0.15) is 0 Å². The lowest BCUT2D eigenvalue weighted by Gasteiger charge is -2.32. The van der Waals surface area contributed by atoms with Crippen LogP contribution in [-0.4, -0.2) is 16.1 Å². The van der Waals surface area contributed by atoms with Crippen molar-refractivity contribution in [2.75, 3.05) is 9.80 Å². The molecule has 2 fully saturated rings. The summed E-state index contributed by atoms with van der Waals surface area (Å²) in [6, 6.07) is 158. The van der Waals surface area contributed by atoms with Crippen molar-refractivity contribution in [2.45, 2.75) is 115 Å². The van der Waals surface area contributed by atoms with E-state index in [4.69, 9.17) is 0 Å². The zero-order valence-corrected chi connectivity index (χ0v) is 77.9. The van der Waals surface area contributed by atoms with Crippen LogP contribution in [0, 0.1) is 11.8 Å². The van der Waals surface area contributed by atoms with Crippen LogP contribution in [0.2, 0.25) is 0 Å². The van der Waals surface area contributed by atoms with Crippen LogP contribution < -0.4 is 51.3 Å². The Kier molecular flexibility index (Phi) is 20.4. The number of anilines is 6. The van der Waals surface area contributed by atoms with Crippen molar-refractivity contribution in [1.82, 2.24) is 0 Å². The Morgan fingerprint density at radius 2 is 0.629 bits per heavy atom. The van der Waals surface area contributed by atoms with E-state index in [1.807, 2.05) is 0 Å². The Balaban J connectivity index is 0.000000146. The first-order valence-corrected chi connectivity index (χ1v) is 52.4. The molecular formula is C128H108N2Si2. The molecule has 0 saturated heterocycles. The van der Waals surface area contributed by atoms with Crippen LogP contribution in [0.3, 0.4) is 0 Å². The summed E-state index contributed by atoms with van der Waals surface area (Å²) in [5.74, 6) is 2.15. The first-order chi connectivity index (χ1) is 65.0. The SMILES string of the molecule is CC1(C)c2ccccc2-c2ccc(N(c3ccc(C4=CCC(C5CCCCC5)C=C4)cc3)c3ccc4ccccc4c3-c3ccc4c(c3)[Si](c3ccccc3)(c3ccccc3)c3ccccc3-4)cc21.CC1(C)c2ccccc2-c2ccc(N(c3ccc(C4CCCCC4)cc3)c3ccc4ccccc4c3-c3ccc4c(c3)[Si](c3ccccc3)(c3ccccc3)c3ccccc3-4)cc21. The standard InChI is InChI=1S/C67H57NSi.C61H51NSi/c1-67(2)61-28-16-14-26-57(61)58-42-40-53(45-62(58)67)68(52-38-34-49(35-39-52)48-32-30-47(31-33-48)46-18-6-3-7-19-46)63-43-37-50-20-12-13-25-56(50)66(63)51-36-41-60-59-27-15-17-29-64(59)69(65(60)44-51,54-21-8-4-9-22-54)55-23-10-5-11-24-55;1-61(2)55-28-16-14-26-51(55)52-38-36-47(41-56(52)61)62(46-34-30-43(31-35-46)42-18-6-3-7-19-42)57-39-33-44-20-12-13-25-50(44)60(57)45-32-37-54-53-27-15-17-29-58(53)63(59(54)40-45,48-21-8-4-9-22-48)49-23-10-5-11-24-49/h4-5,8-17,20-30,32-47H,3,6-7,18-19,31H2,1-2H3;4-5,8-17,20-42H,3,6-7,18-19H2,1-2H3. The van der Waals surface area contributed by atoms with Crippen LogP contribution in [0.25, 0.3) is 93.9 Å². The van der Waals surface area contributed by atoms with E-state index in [1.54, 1.807) is 0 Å². The summed E-state index contributed by atoms with van der Waals surface area (Å²) >= 11 is 0. The van der Waals surface area contributed by atoms with Crippen molar-refractivity contribution in [2.24, 2.45) is 11.8 Å². The minimum absolute atomic E-state index is 0.123. The first kappa shape index (κ1) is 81.2. The summed E-state index contributed by atoms with van der Waals surface area (Å²) in [5, 5.41) is 16.5. The molecule has 5 aliphatic carbocycles. The van der Waals surface area contributed by atoms with Gasteiger partial charge in [-0.25, -0.2) is 0 Å². The monoisotopic (exact) mass is 1730 g/mol. The molecule has 132 heavy (non-hydrogen) atoms. The fourth-order valence-corrected chi connectivity index (χ4v) is 35.5. The van der Waals surface area contributed by atoms with Gasteiger partial charge >= 0.3 is 0 Å². The highest BCUT2D eigenvalue weighted by Crippen LogP contribution is 2.56. The molecule has 25 rings (SSSR count).